The SMILES string of the molecule is CC(C)CC(=O)Nc1onc(-c2cccs2)c1C(N)=O. The summed E-state index contributed by atoms with van der Waals surface area (Å²) in [5.41, 5.74) is 5.81. The lowest BCUT2D eigenvalue weighted by Gasteiger charge is -2.04. The van der Waals surface area contributed by atoms with E-state index in [1.165, 1.54) is 11.3 Å². The molecule has 0 atom stereocenters. The molecule has 0 spiro atoms. The zero-order valence-electron chi connectivity index (χ0n) is 11.2. The van der Waals surface area contributed by atoms with E-state index in [9.17, 15) is 9.59 Å². The minimum absolute atomic E-state index is 0.00606. The van der Waals surface area contributed by atoms with E-state index < -0.39 is 5.91 Å². The maximum absolute atomic E-state index is 11.7. The maximum atomic E-state index is 11.7. The predicted molar refractivity (Wildman–Crippen MR) is 76.4 cm³/mol. The highest BCUT2D eigenvalue weighted by molar-refractivity contribution is 7.13. The molecule has 0 aliphatic heterocycles. The van der Waals surface area contributed by atoms with Crippen LogP contribution in [-0.2, 0) is 4.79 Å². The van der Waals surface area contributed by atoms with Gasteiger partial charge in [0.25, 0.3) is 5.91 Å². The summed E-state index contributed by atoms with van der Waals surface area (Å²) in [6.07, 6.45) is 0.327. The number of hydrogen-bond donors (Lipinski definition) is 2. The number of carbonyl (C=O) groups excluding carboxylic acids is 2. The van der Waals surface area contributed by atoms with Gasteiger partial charge in [-0.2, -0.15) is 0 Å². The molecule has 106 valence electrons. The van der Waals surface area contributed by atoms with Crippen molar-refractivity contribution < 1.29 is 14.1 Å². The van der Waals surface area contributed by atoms with Gasteiger partial charge in [0.1, 0.15) is 11.3 Å². The summed E-state index contributed by atoms with van der Waals surface area (Å²) in [5, 5.41) is 8.23. The summed E-state index contributed by atoms with van der Waals surface area (Å²) in [5.74, 6) is -0.718. The van der Waals surface area contributed by atoms with Crippen molar-refractivity contribution in [1.29, 1.82) is 0 Å². The molecule has 3 N–H and O–H groups in total. The third-order valence-corrected chi connectivity index (χ3v) is 3.42. The predicted octanol–water partition coefficient (Wildman–Crippen LogP) is 2.49. The molecule has 0 aliphatic carbocycles. The van der Waals surface area contributed by atoms with Gasteiger partial charge in [0.05, 0.1) is 4.88 Å². The Morgan fingerprint density at radius 3 is 2.80 bits per heavy atom. The Morgan fingerprint density at radius 2 is 2.25 bits per heavy atom. The van der Waals surface area contributed by atoms with E-state index in [2.05, 4.69) is 10.5 Å². The third kappa shape index (κ3) is 3.05. The Balaban J connectivity index is 2.31. The van der Waals surface area contributed by atoms with E-state index in [0.717, 1.165) is 4.88 Å². The number of nitrogens with zero attached hydrogens (tertiary/aromatic N) is 1. The summed E-state index contributed by atoms with van der Waals surface area (Å²) < 4.78 is 5.06. The Labute approximate surface area is 119 Å². The molecular formula is C13H15N3O3S. The van der Waals surface area contributed by atoms with Crippen molar-refractivity contribution in [3.63, 3.8) is 0 Å². The summed E-state index contributed by atoms with van der Waals surface area (Å²) in [4.78, 5) is 24.1. The maximum Gasteiger partial charge on any atom is 0.256 e. The fraction of sp³-hybridized carbons (Fsp3) is 0.308. The van der Waals surface area contributed by atoms with Gasteiger partial charge in [-0.1, -0.05) is 25.1 Å². The molecule has 2 amide bonds. The molecule has 7 heteroatoms. The van der Waals surface area contributed by atoms with E-state index in [-0.39, 0.29) is 23.3 Å². The average Bonchev–Trinajstić information content (AvgIpc) is 2.94. The topological polar surface area (TPSA) is 98.2 Å². The van der Waals surface area contributed by atoms with Crippen molar-refractivity contribution in [3.8, 4) is 10.6 Å². The van der Waals surface area contributed by atoms with Gasteiger partial charge >= 0.3 is 0 Å². The first-order chi connectivity index (χ1) is 9.49. The third-order valence-electron chi connectivity index (χ3n) is 2.54. The van der Waals surface area contributed by atoms with Crippen LogP contribution in [-0.4, -0.2) is 17.0 Å². The van der Waals surface area contributed by atoms with Gasteiger partial charge in [0, 0.05) is 6.42 Å². The van der Waals surface area contributed by atoms with Gasteiger partial charge in [0.2, 0.25) is 11.8 Å². The second-order valence-electron chi connectivity index (χ2n) is 4.72. The highest BCUT2D eigenvalue weighted by Gasteiger charge is 2.24. The van der Waals surface area contributed by atoms with Gasteiger partial charge in [-0.3, -0.25) is 14.9 Å². The van der Waals surface area contributed by atoms with Crippen molar-refractivity contribution >= 4 is 29.0 Å². The van der Waals surface area contributed by atoms with Crippen LogP contribution in [0.2, 0.25) is 0 Å². The van der Waals surface area contributed by atoms with Crippen LogP contribution in [0, 0.1) is 5.92 Å². The van der Waals surface area contributed by atoms with Crippen LogP contribution in [0.3, 0.4) is 0 Å². The largest absolute Gasteiger partial charge is 0.365 e. The fourth-order valence-electron chi connectivity index (χ4n) is 1.73. The Kier molecular flexibility index (Phi) is 4.19. The van der Waals surface area contributed by atoms with Gasteiger partial charge < -0.3 is 10.3 Å². The highest BCUT2D eigenvalue weighted by atomic mass is 32.1. The van der Waals surface area contributed by atoms with Crippen LogP contribution in [0.5, 0.6) is 0 Å². The van der Waals surface area contributed by atoms with Gasteiger partial charge in [-0.05, 0) is 17.4 Å². The molecule has 0 aliphatic rings. The molecule has 0 unspecified atom stereocenters. The first-order valence-corrected chi connectivity index (χ1v) is 7.00. The minimum atomic E-state index is -0.686. The number of aromatic nitrogens is 1. The number of amides is 2. The van der Waals surface area contributed by atoms with Crippen LogP contribution in [0.1, 0.15) is 30.6 Å². The van der Waals surface area contributed by atoms with E-state index >= 15 is 0 Å². The lowest BCUT2D eigenvalue weighted by atomic mass is 10.1. The smallest absolute Gasteiger partial charge is 0.256 e. The number of nitrogens with two attached hydrogens (primary N) is 1. The summed E-state index contributed by atoms with van der Waals surface area (Å²) in [6, 6.07) is 3.63. The quantitative estimate of drug-likeness (QED) is 0.884. The molecule has 0 fully saturated rings. The minimum Gasteiger partial charge on any atom is -0.365 e. The first-order valence-electron chi connectivity index (χ1n) is 6.12. The molecule has 2 rings (SSSR count). The molecule has 2 heterocycles. The second-order valence-corrected chi connectivity index (χ2v) is 5.67. The molecule has 0 saturated carbocycles. The van der Waals surface area contributed by atoms with Crippen LogP contribution in [0.25, 0.3) is 10.6 Å². The molecule has 6 nitrogen and oxygen atoms in total. The molecule has 0 saturated heterocycles. The normalized spacial score (nSPS) is 10.8. The van der Waals surface area contributed by atoms with Crippen LogP contribution in [0.15, 0.2) is 22.0 Å². The zero-order valence-corrected chi connectivity index (χ0v) is 12.0. The Morgan fingerprint density at radius 1 is 1.50 bits per heavy atom. The van der Waals surface area contributed by atoms with Crippen LogP contribution >= 0.6 is 11.3 Å². The van der Waals surface area contributed by atoms with E-state index in [1.807, 2.05) is 25.3 Å². The van der Waals surface area contributed by atoms with Gasteiger partial charge in [0.15, 0.2) is 0 Å². The van der Waals surface area contributed by atoms with Gasteiger partial charge in [-0.25, -0.2) is 0 Å². The number of hydrogen-bond acceptors (Lipinski definition) is 5. The Hall–Kier alpha value is -2.15. The highest BCUT2D eigenvalue weighted by Crippen LogP contribution is 2.31. The van der Waals surface area contributed by atoms with E-state index in [4.69, 9.17) is 10.3 Å². The zero-order chi connectivity index (χ0) is 14.7. The van der Waals surface area contributed by atoms with E-state index in [1.54, 1.807) is 6.07 Å². The monoisotopic (exact) mass is 293 g/mol. The molecule has 2 aromatic rings. The number of anilines is 1. The summed E-state index contributed by atoms with van der Waals surface area (Å²) >= 11 is 1.41. The number of nitrogens with one attached hydrogen (secondary N) is 1. The molecular weight excluding hydrogens is 278 g/mol. The second kappa shape index (κ2) is 5.87. The molecule has 0 radical (unpaired) electrons. The first kappa shape index (κ1) is 14.3. The van der Waals surface area contributed by atoms with E-state index in [0.29, 0.717) is 12.1 Å². The van der Waals surface area contributed by atoms with Crippen molar-refractivity contribution in [1.82, 2.24) is 5.16 Å². The number of carbonyl (C=O) groups is 2. The average molecular weight is 293 g/mol. The molecule has 2 aromatic heterocycles. The molecule has 20 heavy (non-hydrogen) atoms. The number of primary amides is 1. The van der Waals surface area contributed by atoms with Crippen molar-refractivity contribution in [2.45, 2.75) is 20.3 Å². The fourth-order valence-corrected chi connectivity index (χ4v) is 2.45. The molecule has 0 aromatic carbocycles. The summed E-state index contributed by atoms with van der Waals surface area (Å²) in [6.45, 7) is 3.85. The summed E-state index contributed by atoms with van der Waals surface area (Å²) in [7, 11) is 0. The van der Waals surface area contributed by atoms with Gasteiger partial charge in [-0.15, -0.1) is 11.3 Å². The van der Waals surface area contributed by atoms with Crippen LogP contribution in [0.4, 0.5) is 5.88 Å². The Bertz CT molecular complexity index is 617. The molecule has 0 bridgehead atoms. The van der Waals surface area contributed by atoms with Crippen molar-refractivity contribution in [2.75, 3.05) is 5.32 Å². The lowest BCUT2D eigenvalue weighted by molar-refractivity contribution is -0.117. The number of rotatable bonds is 5. The van der Waals surface area contributed by atoms with Crippen LogP contribution < -0.4 is 11.1 Å². The van der Waals surface area contributed by atoms with Crippen molar-refractivity contribution in [2.24, 2.45) is 11.7 Å². The van der Waals surface area contributed by atoms with Crippen molar-refractivity contribution in [3.05, 3.63) is 23.1 Å². The lowest BCUT2D eigenvalue weighted by Crippen LogP contribution is -2.18. The number of thiophene rings is 1. The standard InChI is InChI=1S/C13H15N3O3S/c1-7(2)6-9(17)15-13-10(12(14)18)11(16-19-13)8-4-3-5-20-8/h3-5,7H,6H2,1-2H3,(H2,14,18)(H,15,17).